The average molecular weight is 235 g/mol. The lowest BCUT2D eigenvalue weighted by Gasteiger charge is -2.33. The van der Waals surface area contributed by atoms with Crippen molar-refractivity contribution < 1.29 is 4.79 Å². The van der Waals surface area contributed by atoms with Crippen LogP contribution in [0.15, 0.2) is 12.4 Å². The minimum absolute atomic E-state index is 0.262. The van der Waals surface area contributed by atoms with Crippen molar-refractivity contribution in [3.63, 3.8) is 0 Å². The van der Waals surface area contributed by atoms with E-state index in [2.05, 4.69) is 17.2 Å². The molecule has 4 nitrogen and oxygen atoms in total. The van der Waals surface area contributed by atoms with Crippen LogP contribution >= 0.6 is 0 Å². The standard InChI is InChI=1S/C13H21N3O/c1-3-16-9-8-14-12(16)10-11(17)13(2)6-4-5-7-15-13/h8-9,15H,3-7,10H2,1-2H3. The predicted molar refractivity (Wildman–Crippen MR) is 66.9 cm³/mol. The highest BCUT2D eigenvalue weighted by Gasteiger charge is 2.34. The summed E-state index contributed by atoms with van der Waals surface area (Å²) in [5.74, 6) is 1.14. The fraction of sp³-hybridized carbons (Fsp3) is 0.692. The quantitative estimate of drug-likeness (QED) is 0.861. The molecule has 94 valence electrons. The first-order valence-corrected chi connectivity index (χ1v) is 6.44. The SMILES string of the molecule is CCn1ccnc1CC(=O)C1(C)CCCCN1. The normalized spacial score (nSPS) is 24.8. The number of carbonyl (C=O) groups is 1. The zero-order valence-electron chi connectivity index (χ0n) is 10.7. The van der Waals surface area contributed by atoms with Crippen molar-refractivity contribution >= 4 is 5.78 Å². The Morgan fingerprint density at radius 1 is 1.59 bits per heavy atom. The number of Topliss-reactive ketones (excluding diaryl/α,β-unsaturated/α-hetero) is 1. The van der Waals surface area contributed by atoms with Crippen LogP contribution in [0.3, 0.4) is 0 Å². The van der Waals surface area contributed by atoms with E-state index in [0.29, 0.717) is 6.42 Å². The van der Waals surface area contributed by atoms with Gasteiger partial charge in [0.05, 0.1) is 12.0 Å². The number of hydrogen-bond acceptors (Lipinski definition) is 3. The van der Waals surface area contributed by atoms with Crippen molar-refractivity contribution in [3.8, 4) is 0 Å². The lowest BCUT2D eigenvalue weighted by Crippen LogP contribution is -2.53. The third kappa shape index (κ3) is 2.57. The lowest BCUT2D eigenvalue weighted by molar-refractivity contribution is -0.125. The summed E-state index contributed by atoms with van der Waals surface area (Å²) >= 11 is 0. The van der Waals surface area contributed by atoms with Gasteiger partial charge in [0.15, 0.2) is 5.78 Å². The molecule has 0 amide bonds. The topological polar surface area (TPSA) is 46.9 Å². The number of aromatic nitrogens is 2. The number of hydrogen-bond donors (Lipinski definition) is 1. The first kappa shape index (κ1) is 12.3. The van der Waals surface area contributed by atoms with Gasteiger partial charge in [-0.2, -0.15) is 0 Å². The number of nitrogens with one attached hydrogen (secondary N) is 1. The van der Waals surface area contributed by atoms with Crippen LogP contribution in [0.25, 0.3) is 0 Å². The average Bonchev–Trinajstić information content (AvgIpc) is 2.77. The summed E-state index contributed by atoms with van der Waals surface area (Å²) < 4.78 is 2.03. The molecule has 0 radical (unpaired) electrons. The number of ketones is 1. The molecular formula is C13H21N3O. The number of carbonyl (C=O) groups excluding carboxylic acids is 1. The maximum absolute atomic E-state index is 12.3. The minimum Gasteiger partial charge on any atom is -0.335 e. The predicted octanol–water partition coefficient (Wildman–Crippen LogP) is 1.55. The first-order chi connectivity index (χ1) is 8.15. The smallest absolute Gasteiger partial charge is 0.160 e. The van der Waals surface area contributed by atoms with E-state index in [9.17, 15) is 4.79 Å². The molecule has 2 heterocycles. The summed E-state index contributed by atoms with van der Waals surface area (Å²) in [6.45, 7) is 5.90. The van der Waals surface area contributed by atoms with Crippen molar-refractivity contribution in [2.75, 3.05) is 6.54 Å². The second-order valence-electron chi connectivity index (χ2n) is 4.95. The van der Waals surface area contributed by atoms with Gasteiger partial charge >= 0.3 is 0 Å². The van der Waals surface area contributed by atoms with E-state index in [-0.39, 0.29) is 11.3 Å². The van der Waals surface area contributed by atoms with Gasteiger partial charge in [-0.05, 0) is 39.7 Å². The first-order valence-electron chi connectivity index (χ1n) is 6.44. The van der Waals surface area contributed by atoms with E-state index in [0.717, 1.165) is 31.8 Å². The highest BCUT2D eigenvalue weighted by Crippen LogP contribution is 2.21. The molecule has 1 aliphatic rings. The molecule has 0 aromatic carbocycles. The highest BCUT2D eigenvalue weighted by atomic mass is 16.1. The molecule has 1 N–H and O–H groups in total. The zero-order chi connectivity index (χ0) is 12.3. The fourth-order valence-corrected chi connectivity index (χ4v) is 2.43. The van der Waals surface area contributed by atoms with Gasteiger partial charge in [-0.15, -0.1) is 0 Å². The molecular weight excluding hydrogens is 214 g/mol. The van der Waals surface area contributed by atoms with E-state index in [1.165, 1.54) is 6.42 Å². The zero-order valence-corrected chi connectivity index (χ0v) is 10.7. The molecule has 1 saturated heterocycles. The number of piperidine rings is 1. The monoisotopic (exact) mass is 235 g/mol. The van der Waals surface area contributed by atoms with Crippen LogP contribution in [0.4, 0.5) is 0 Å². The van der Waals surface area contributed by atoms with Crippen molar-refractivity contribution in [3.05, 3.63) is 18.2 Å². The number of nitrogens with zero attached hydrogens (tertiary/aromatic N) is 2. The second-order valence-corrected chi connectivity index (χ2v) is 4.95. The Labute approximate surface area is 102 Å². The maximum atomic E-state index is 12.3. The summed E-state index contributed by atoms with van der Waals surface area (Å²) in [6.07, 6.45) is 7.38. The number of imidazole rings is 1. The molecule has 17 heavy (non-hydrogen) atoms. The number of rotatable bonds is 4. The molecule has 1 atom stereocenters. The maximum Gasteiger partial charge on any atom is 0.160 e. The van der Waals surface area contributed by atoms with E-state index < -0.39 is 0 Å². The number of aryl methyl sites for hydroxylation is 1. The molecule has 1 aromatic heterocycles. The summed E-state index contributed by atoms with van der Waals surface area (Å²) in [7, 11) is 0. The summed E-state index contributed by atoms with van der Waals surface area (Å²) in [6, 6.07) is 0. The van der Waals surface area contributed by atoms with Crippen LogP contribution in [-0.2, 0) is 17.8 Å². The molecule has 0 saturated carbocycles. The lowest BCUT2D eigenvalue weighted by atomic mass is 9.85. The van der Waals surface area contributed by atoms with Crippen molar-refractivity contribution in [2.24, 2.45) is 0 Å². The molecule has 0 bridgehead atoms. The fourth-order valence-electron chi connectivity index (χ4n) is 2.43. The van der Waals surface area contributed by atoms with Crippen LogP contribution in [0.2, 0.25) is 0 Å². The van der Waals surface area contributed by atoms with Crippen LogP contribution in [-0.4, -0.2) is 27.4 Å². The summed E-state index contributed by atoms with van der Waals surface area (Å²) in [5, 5.41) is 3.36. The molecule has 0 spiro atoms. The molecule has 2 rings (SSSR count). The molecule has 4 heteroatoms. The Bertz CT molecular complexity index is 391. The highest BCUT2D eigenvalue weighted by molar-refractivity contribution is 5.89. The van der Waals surface area contributed by atoms with Crippen LogP contribution < -0.4 is 5.32 Å². The Morgan fingerprint density at radius 3 is 3.06 bits per heavy atom. The summed E-state index contributed by atoms with van der Waals surface area (Å²) in [4.78, 5) is 16.6. The third-order valence-electron chi connectivity index (χ3n) is 3.70. The molecule has 1 fully saturated rings. The van der Waals surface area contributed by atoms with Gasteiger partial charge < -0.3 is 9.88 Å². The minimum atomic E-state index is -0.344. The second kappa shape index (κ2) is 5.00. The van der Waals surface area contributed by atoms with Gasteiger partial charge in [0, 0.05) is 18.9 Å². The molecule has 1 aliphatic heterocycles. The van der Waals surface area contributed by atoms with Gasteiger partial charge in [-0.3, -0.25) is 4.79 Å². The Balaban J connectivity index is 2.05. The Hall–Kier alpha value is -1.16. The van der Waals surface area contributed by atoms with Crippen molar-refractivity contribution in [1.82, 2.24) is 14.9 Å². The van der Waals surface area contributed by atoms with Crippen LogP contribution in [0.1, 0.15) is 38.9 Å². The third-order valence-corrected chi connectivity index (χ3v) is 3.70. The molecule has 1 unspecified atom stereocenters. The van der Waals surface area contributed by atoms with E-state index in [1.54, 1.807) is 6.20 Å². The van der Waals surface area contributed by atoms with Crippen LogP contribution in [0.5, 0.6) is 0 Å². The van der Waals surface area contributed by atoms with Crippen molar-refractivity contribution in [1.29, 1.82) is 0 Å². The largest absolute Gasteiger partial charge is 0.335 e. The van der Waals surface area contributed by atoms with Gasteiger partial charge in [-0.1, -0.05) is 0 Å². The van der Waals surface area contributed by atoms with E-state index >= 15 is 0 Å². The van der Waals surface area contributed by atoms with Gasteiger partial charge in [0.25, 0.3) is 0 Å². The summed E-state index contributed by atoms with van der Waals surface area (Å²) in [5.41, 5.74) is -0.344. The van der Waals surface area contributed by atoms with Crippen molar-refractivity contribution in [2.45, 2.75) is 51.6 Å². The Morgan fingerprint density at radius 2 is 2.41 bits per heavy atom. The van der Waals surface area contributed by atoms with Gasteiger partial charge in [0.2, 0.25) is 0 Å². The van der Waals surface area contributed by atoms with Gasteiger partial charge in [0.1, 0.15) is 5.82 Å². The molecule has 0 aliphatic carbocycles. The van der Waals surface area contributed by atoms with Gasteiger partial charge in [-0.25, -0.2) is 4.98 Å². The van der Waals surface area contributed by atoms with E-state index in [1.807, 2.05) is 17.7 Å². The van der Waals surface area contributed by atoms with E-state index in [4.69, 9.17) is 0 Å². The molecule has 1 aromatic rings. The Kier molecular flexibility index (Phi) is 3.62. The van der Waals surface area contributed by atoms with Crippen LogP contribution in [0, 0.1) is 0 Å².